The number of halogens is 3. The Hall–Kier alpha value is -1.16. The number of likely N-dealkylation sites (tertiary alicyclic amines) is 1. The molecule has 1 aliphatic rings. The van der Waals surface area contributed by atoms with E-state index in [1.165, 1.54) is 0 Å². The number of carbonyl (C=O) groups is 1. The number of hydrogen-bond acceptors (Lipinski definition) is 1. The third-order valence-corrected chi connectivity index (χ3v) is 3.91. The Labute approximate surface area is 116 Å². The highest BCUT2D eigenvalue weighted by atomic mass is 35.5. The predicted molar refractivity (Wildman–Crippen MR) is 70.3 cm³/mol. The second-order valence-electron chi connectivity index (χ2n) is 4.80. The maximum Gasteiger partial charge on any atom is 0.255 e. The van der Waals surface area contributed by atoms with Crippen molar-refractivity contribution in [3.8, 4) is 0 Å². The lowest BCUT2D eigenvalue weighted by molar-refractivity contribution is 0.0607. The number of rotatable bonds is 2. The number of hydrogen-bond donors (Lipinski definition) is 0. The van der Waals surface area contributed by atoms with Crippen LogP contribution >= 0.6 is 11.6 Å². The fraction of sp³-hybridized carbons (Fsp3) is 0.500. The van der Waals surface area contributed by atoms with Crippen LogP contribution in [0.25, 0.3) is 0 Å². The maximum atomic E-state index is 13.3. The second kappa shape index (κ2) is 5.87. The van der Waals surface area contributed by atoms with E-state index in [0.717, 1.165) is 37.8 Å². The van der Waals surface area contributed by atoms with Crippen LogP contribution in [-0.2, 0) is 0 Å². The summed E-state index contributed by atoms with van der Waals surface area (Å²) in [5.41, 5.74) is 0.0425. The summed E-state index contributed by atoms with van der Waals surface area (Å²) < 4.78 is 26.3. The van der Waals surface area contributed by atoms with E-state index < -0.39 is 11.6 Å². The molecule has 0 N–H and O–H groups in total. The molecule has 104 valence electrons. The summed E-state index contributed by atoms with van der Waals surface area (Å²) in [6.07, 6.45) is 3.83. The van der Waals surface area contributed by atoms with Crippen LogP contribution in [0, 0.1) is 11.6 Å². The topological polar surface area (TPSA) is 20.3 Å². The summed E-state index contributed by atoms with van der Waals surface area (Å²) in [5.74, 6) is -2.39. The third kappa shape index (κ3) is 2.89. The van der Waals surface area contributed by atoms with Crippen molar-refractivity contribution in [3.63, 3.8) is 0 Å². The summed E-state index contributed by atoms with van der Waals surface area (Å²) in [4.78, 5) is 14.1. The van der Waals surface area contributed by atoms with E-state index in [9.17, 15) is 13.6 Å². The molecule has 1 aliphatic heterocycles. The summed E-state index contributed by atoms with van der Waals surface area (Å²) in [6, 6.07) is 1.90. The van der Waals surface area contributed by atoms with Crippen molar-refractivity contribution in [2.24, 2.45) is 0 Å². The minimum Gasteiger partial charge on any atom is -0.336 e. The van der Waals surface area contributed by atoms with E-state index in [1.807, 2.05) is 6.92 Å². The molecule has 5 heteroatoms. The van der Waals surface area contributed by atoms with Gasteiger partial charge in [-0.3, -0.25) is 4.79 Å². The first-order chi connectivity index (χ1) is 9.04. The van der Waals surface area contributed by atoms with Crippen LogP contribution in [0.15, 0.2) is 12.1 Å². The Kier molecular flexibility index (Phi) is 4.40. The first-order valence-electron chi connectivity index (χ1n) is 6.50. The van der Waals surface area contributed by atoms with Crippen LogP contribution in [0.4, 0.5) is 8.78 Å². The first kappa shape index (κ1) is 14.3. The Morgan fingerprint density at radius 2 is 2.05 bits per heavy atom. The van der Waals surface area contributed by atoms with Crippen molar-refractivity contribution in [3.05, 3.63) is 34.4 Å². The molecule has 0 unspecified atom stereocenters. The molecule has 1 atom stereocenters. The van der Waals surface area contributed by atoms with E-state index in [-0.39, 0.29) is 22.5 Å². The molecule has 0 radical (unpaired) electrons. The monoisotopic (exact) mass is 287 g/mol. The second-order valence-corrected chi connectivity index (χ2v) is 5.21. The van der Waals surface area contributed by atoms with Gasteiger partial charge in [-0.15, -0.1) is 0 Å². The molecular weight excluding hydrogens is 272 g/mol. The number of carbonyl (C=O) groups excluding carboxylic acids is 1. The number of nitrogens with zero attached hydrogens (tertiary/aromatic N) is 1. The Balaban J connectivity index is 2.30. The molecule has 1 saturated heterocycles. The molecule has 0 aromatic heterocycles. The largest absolute Gasteiger partial charge is 0.336 e. The van der Waals surface area contributed by atoms with Crippen LogP contribution < -0.4 is 0 Å². The molecule has 0 bridgehead atoms. The minimum atomic E-state index is -1.04. The van der Waals surface area contributed by atoms with Crippen LogP contribution in [0.2, 0.25) is 5.02 Å². The van der Waals surface area contributed by atoms with Crippen molar-refractivity contribution in [2.45, 2.75) is 38.6 Å². The molecule has 19 heavy (non-hydrogen) atoms. The van der Waals surface area contributed by atoms with Gasteiger partial charge >= 0.3 is 0 Å². The lowest BCUT2D eigenvalue weighted by Crippen LogP contribution is -2.43. The van der Waals surface area contributed by atoms with Crippen LogP contribution in [0.3, 0.4) is 0 Å². The molecule has 1 amide bonds. The highest BCUT2D eigenvalue weighted by Crippen LogP contribution is 2.26. The number of benzene rings is 1. The summed E-state index contributed by atoms with van der Waals surface area (Å²) >= 11 is 5.85. The van der Waals surface area contributed by atoms with Gasteiger partial charge in [-0.2, -0.15) is 0 Å². The quantitative estimate of drug-likeness (QED) is 0.752. The smallest absolute Gasteiger partial charge is 0.255 e. The highest BCUT2D eigenvalue weighted by Gasteiger charge is 2.28. The standard InChI is InChI=1S/C14H16ClF2NO/c1-2-9-5-3-4-6-18(9)14(19)10-7-12(16)13(17)8-11(10)15/h7-9H,2-6H2,1H3/t9-/m0/s1. The van der Waals surface area contributed by atoms with Gasteiger partial charge in [0.15, 0.2) is 11.6 Å². The van der Waals surface area contributed by atoms with Crippen molar-refractivity contribution < 1.29 is 13.6 Å². The normalized spacial score (nSPS) is 19.6. The average molecular weight is 288 g/mol. The van der Waals surface area contributed by atoms with Crippen LogP contribution in [0.1, 0.15) is 43.0 Å². The summed E-state index contributed by atoms with van der Waals surface area (Å²) in [7, 11) is 0. The molecule has 1 aromatic carbocycles. The number of piperidine rings is 1. The fourth-order valence-electron chi connectivity index (χ4n) is 2.53. The molecule has 0 spiro atoms. The SMILES string of the molecule is CC[C@H]1CCCCN1C(=O)c1cc(F)c(F)cc1Cl. The van der Waals surface area contributed by atoms with Crippen molar-refractivity contribution in [1.29, 1.82) is 0 Å². The molecular formula is C14H16ClF2NO. The molecule has 1 aromatic rings. The van der Waals surface area contributed by atoms with Gasteiger partial charge in [-0.1, -0.05) is 18.5 Å². The minimum absolute atomic E-state index is 0.0377. The highest BCUT2D eigenvalue weighted by molar-refractivity contribution is 6.33. The Bertz CT molecular complexity index is 493. The van der Waals surface area contributed by atoms with Crippen molar-refractivity contribution in [1.82, 2.24) is 4.90 Å². The van der Waals surface area contributed by atoms with Crippen LogP contribution in [-0.4, -0.2) is 23.4 Å². The average Bonchev–Trinajstić information content (AvgIpc) is 2.42. The van der Waals surface area contributed by atoms with Gasteiger partial charge in [-0.25, -0.2) is 8.78 Å². The molecule has 0 aliphatic carbocycles. The fourth-order valence-corrected chi connectivity index (χ4v) is 2.76. The van der Waals surface area contributed by atoms with Gasteiger partial charge in [0.1, 0.15) is 0 Å². The van der Waals surface area contributed by atoms with Crippen molar-refractivity contribution >= 4 is 17.5 Å². The maximum absolute atomic E-state index is 13.3. The predicted octanol–water partition coefficient (Wildman–Crippen LogP) is 4.02. The number of amides is 1. The Morgan fingerprint density at radius 3 is 2.74 bits per heavy atom. The van der Waals surface area contributed by atoms with Crippen LogP contribution in [0.5, 0.6) is 0 Å². The van der Waals surface area contributed by atoms with E-state index in [0.29, 0.717) is 6.54 Å². The molecule has 0 saturated carbocycles. The summed E-state index contributed by atoms with van der Waals surface area (Å²) in [5, 5.41) is -0.0377. The van der Waals surface area contributed by atoms with E-state index in [2.05, 4.69) is 0 Å². The lowest BCUT2D eigenvalue weighted by Gasteiger charge is -2.35. The first-order valence-corrected chi connectivity index (χ1v) is 6.88. The van der Waals surface area contributed by atoms with Gasteiger partial charge in [0.05, 0.1) is 10.6 Å². The van der Waals surface area contributed by atoms with Gasteiger partial charge in [0.2, 0.25) is 0 Å². The molecule has 1 heterocycles. The zero-order chi connectivity index (χ0) is 14.0. The summed E-state index contributed by atoms with van der Waals surface area (Å²) in [6.45, 7) is 2.66. The molecule has 2 nitrogen and oxygen atoms in total. The zero-order valence-electron chi connectivity index (χ0n) is 10.8. The van der Waals surface area contributed by atoms with Gasteiger partial charge < -0.3 is 4.90 Å². The zero-order valence-corrected chi connectivity index (χ0v) is 11.5. The van der Waals surface area contributed by atoms with E-state index >= 15 is 0 Å². The lowest BCUT2D eigenvalue weighted by atomic mass is 9.99. The Morgan fingerprint density at radius 1 is 1.37 bits per heavy atom. The molecule has 2 rings (SSSR count). The van der Waals surface area contributed by atoms with Gasteiger partial charge in [0, 0.05) is 12.6 Å². The third-order valence-electron chi connectivity index (χ3n) is 3.60. The van der Waals surface area contributed by atoms with E-state index in [4.69, 9.17) is 11.6 Å². The van der Waals surface area contributed by atoms with Gasteiger partial charge in [-0.05, 0) is 37.8 Å². The van der Waals surface area contributed by atoms with E-state index in [1.54, 1.807) is 4.90 Å². The van der Waals surface area contributed by atoms with Crippen molar-refractivity contribution in [2.75, 3.05) is 6.54 Å². The van der Waals surface area contributed by atoms with Gasteiger partial charge in [0.25, 0.3) is 5.91 Å². The molecule has 1 fully saturated rings.